The summed E-state index contributed by atoms with van der Waals surface area (Å²) in [5.41, 5.74) is 0. The van der Waals surface area contributed by atoms with Gasteiger partial charge in [0.2, 0.25) is 0 Å². The minimum atomic E-state index is -0.121. The second-order valence-electron chi connectivity index (χ2n) is 6.67. The molecule has 1 heterocycles. The number of rotatable bonds is 13. The predicted octanol–water partition coefficient (Wildman–Crippen LogP) is 3.04. The standard InChI is InChI=1S/C18H34O5/c19-16-14-17(15-16)21-11-7-6-10-20-9-3-1-4-12-22-18-8-2-5-13-23-18/h16-19H,1-15H2. The quantitative estimate of drug-likeness (QED) is 0.526. The molecule has 5 heteroatoms. The Morgan fingerprint density at radius 3 is 2.26 bits per heavy atom. The molecular weight excluding hydrogens is 296 g/mol. The highest BCUT2D eigenvalue weighted by molar-refractivity contribution is 4.78. The van der Waals surface area contributed by atoms with E-state index in [4.69, 9.17) is 24.1 Å². The monoisotopic (exact) mass is 330 g/mol. The zero-order valence-corrected chi connectivity index (χ0v) is 14.4. The first kappa shape index (κ1) is 19.1. The molecule has 0 radical (unpaired) electrons. The molecule has 0 aromatic heterocycles. The van der Waals surface area contributed by atoms with Crippen molar-refractivity contribution in [3.8, 4) is 0 Å². The Kier molecular flexibility index (Phi) is 10.1. The summed E-state index contributed by atoms with van der Waals surface area (Å²) >= 11 is 0. The minimum Gasteiger partial charge on any atom is -0.393 e. The van der Waals surface area contributed by atoms with Crippen molar-refractivity contribution in [2.75, 3.05) is 33.0 Å². The fourth-order valence-electron chi connectivity index (χ4n) is 2.87. The summed E-state index contributed by atoms with van der Waals surface area (Å²) in [6.45, 7) is 4.12. The fourth-order valence-corrected chi connectivity index (χ4v) is 2.87. The van der Waals surface area contributed by atoms with Crippen molar-refractivity contribution in [3.05, 3.63) is 0 Å². The van der Waals surface area contributed by atoms with Crippen LogP contribution in [0.3, 0.4) is 0 Å². The first-order chi connectivity index (χ1) is 11.3. The average Bonchev–Trinajstić information content (AvgIpc) is 2.55. The summed E-state index contributed by atoms with van der Waals surface area (Å²) < 4.78 is 22.5. The van der Waals surface area contributed by atoms with Gasteiger partial charge in [-0.3, -0.25) is 0 Å². The van der Waals surface area contributed by atoms with Crippen LogP contribution in [0.4, 0.5) is 0 Å². The molecule has 136 valence electrons. The van der Waals surface area contributed by atoms with Gasteiger partial charge in [-0.2, -0.15) is 0 Å². The van der Waals surface area contributed by atoms with E-state index in [0.29, 0.717) is 6.10 Å². The van der Waals surface area contributed by atoms with Crippen LogP contribution in [0.2, 0.25) is 0 Å². The first-order valence-corrected chi connectivity index (χ1v) is 9.45. The lowest BCUT2D eigenvalue weighted by Gasteiger charge is -2.31. The number of aliphatic hydroxyl groups is 1. The Hall–Kier alpha value is -0.200. The summed E-state index contributed by atoms with van der Waals surface area (Å²) in [5, 5.41) is 9.15. The Balaban J connectivity index is 1.23. The van der Waals surface area contributed by atoms with E-state index in [1.54, 1.807) is 0 Å². The number of hydrogen-bond acceptors (Lipinski definition) is 5. The molecule has 0 spiro atoms. The molecule has 2 aliphatic rings. The molecule has 1 atom stereocenters. The molecule has 5 nitrogen and oxygen atoms in total. The molecule has 23 heavy (non-hydrogen) atoms. The average molecular weight is 330 g/mol. The van der Waals surface area contributed by atoms with Gasteiger partial charge in [-0.15, -0.1) is 0 Å². The van der Waals surface area contributed by atoms with Gasteiger partial charge in [0.25, 0.3) is 0 Å². The molecule has 1 unspecified atom stereocenters. The van der Waals surface area contributed by atoms with Crippen molar-refractivity contribution < 1.29 is 24.1 Å². The van der Waals surface area contributed by atoms with Gasteiger partial charge in [0.15, 0.2) is 6.29 Å². The smallest absolute Gasteiger partial charge is 0.157 e. The third-order valence-electron chi connectivity index (χ3n) is 4.48. The highest BCUT2D eigenvalue weighted by atomic mass is 16.7. The second kappa shape index (κ2) is 12.2. The van der Waals surface area contributed by atoms with Crippen molar-refractivity contribution in [3.63, 3.8) is 0 Å². The van der Waals surface area contributed by atoms with Gasteiger partial charge in [-0.1, -0.05) is 0 Å². The van der Waals surface area contributed by atoms with Crippen LogP contribution in [0.5, 0.6) is 0 Å². The molecule has 0 aromatic rings. The third kappa shape index (κ3) is 9.01. The fraction of sp³-hybridized carbons (Fsp3) is 1.00. The molecule has 0 amide bonds. The molecule has 1 saturated heterocycles. The van der Waals surface area contributed by atoms with Crippen molar-refractivity contribution >= 4 is 0 Å². The summed E-state index contributed by atoms with van der Waals surface area (Å²) in [7, 11) is 0. The van der Waals surface area contributed by atoms with Crippen LogP contribution >= 0.6 is 0 Å². The number of unbranched alkanes of at least 4 members (excludes halogenated alkanes) is 3. The van der Waals surface area contributed by atoms with Gasteiger partial charge < -0.3 is 24.1 Å². The molecule has 2 fully saturated rings. The highest BCUT2D eigenvalue weighted by Crippen LogP contribution is 2.22. The van der Waals surface area contributed by atoms with E-state index in [9.17, 15) is 0 Å². The molecule has 1 saturated carbocycles. The van der Waals surface area contributed by atoms with E-state index in [2.05, 4.69) is 0 Å². The highest BCUT2D eigenvalue weighted by Gasteiger charge is 2.27. The number of ether oxygens (including phenoxy) is 4. The van der Waals surface area contributed by atoms with Gasteiger partial charge in [0.1, 0.15) is 0 Å². The van der Waals surface area contributed by atoms with Crippen LogP contribution < -0.4 is 0 Å². The van der Waals surface area contributed by atoms with Crippen molar-refractivity contribution in [1.29, 1.82) is 0 Å². The molecular formula is C18H34O5. The van der Waals surface area contributed by atoms with E-state index in [1.165, 1.54) is 12.8 Å². The summed E-state index contributed by atoms with van der Waals surface area (Å²) in [6.07, 6.45) is 10.7. The maximum absolute atomic E-state index is 9.15. The second-order valence-corrected chi connectivity index (χ2v) is 6.67. The van der Waals surface area contributed by atoms with E-state index >= 15 is 0 Å². The Morgan fingerprint density at radius 1 is 0.826 bits per heavy atom. The minimum absolute atomic E-state index is 0.0467. The zero-order chi connectivity index (χ0) is 16.2. The predicted molar refractivity (Wildman–Crippen MR) is 88.4 cm³/mol. The molecule has 1 aliphatic heterocycles. The molecule has 1 aliphatic carbocycles. The summed E-state index contributed by atoms with van der Waals surface area (Å²) in [6, 6.07) is 0. The number of hydrogen-bond donors (Lipinski definition) is 1. The van der Waals surface area contributed by atoms with E-state index in [0.717, 1.165) is 84.4 Å². The first-order valence-electron chi connectivity index (χ1n) is 9.45. The topological polar surface area (TPSA) is 57.2 Å². The van der Waals surface area contributed by atoms with Crippen LogP contribution in [0.1, 0.15) is 64.2 Å². The Morgan fingerprint density at radius 2 is 1.52 bits per heavy atom. The van der Waals surface area contributed by atoms with E-state index < -0.39 is 0 Å². The number of aliphatic hydroxyl groups excluding tert-OH is 1. The molecule has 2 rings (SSSR count). The normalized spacial score (nSPS) is 27.8. The Labute approximate surface area is 140 Å². The third-order valence-corrected chi connectivity index (χ3v) is 4.48. The lowest BCUT2D eigenvalue weighted by atomic mass is 9.92. The van der Waals surface area contributed by atoms with Crippen LogP contribution in [-0.2, 0) is 18.9 Å². The van der Waals surface area contributed by atoms with Gasteiger partial charge >= 0.3 is 0 Å². The van der Waals surface area contributed by atoms with Crippen molar-refractivity contribution in [2.45, 2.75) is 82.7 Å². The molecule has 0 aromatic carbocycles. The van der Waals surface area contributed by atoms with Crippen LogP contribution in [-0.4, -0.2) is 56.6 Å². The maximum Gasteiger partial charge on any atom is 0.157 e. The summed E-state index contributed by atoms with van der Waals surface area (Å²) in [5.74, 6) is 0. The molecule has 0 bridgehead atoms. The lowest BCUT2D eigenvalue weighted by molar-refractivity contribution is -0.162. The van der Waals surface area contributed by atoms with E-state index in [1.807, 2.05) is 0 Å². The van der Waals surface area contributed by atoms with Crippen LogP contribution in [0, 0.1) is 0 Å². The largest absolute Gasteiger partial charge is 0.393 e. The molecule has 1 N–H and O–H groups in total. The zero-order valence-electron chi connectivity index (χ0n) is 14.4. The van der Waals surface area contributed by atoms with Gasteiger partial charge in [0.05, 0.1) is 12.2 Å². The van der Waals surface area contributed by atoms with Crippen molar-refractivity contribution in [1.82, 2.24) is 0 Å². The maximum atomic E-state index is 9.15. The van der Waals surface area contributed by atoms with Gasteiger partial charge in [-0.25, -0.2) is 0 Å². The SMILES string of the molecule is OC1CC(OCCCCOCCCCCOC2CCCCO2)C1. The van der Waals surface area contributed by atoms with Gasteiger partial charge in [0, 0.05) is 33.0 Å². The van der Waals surface area contributed by atoms with Crippen LogP contribution in [0.15, 0.2) is 0 Å². The van der Waals surface area contributed by atoms with Crippen molar-refractivity contribution in [2.24, 2.45) is 0 Å². The summed E-state index contributed by atoms with van der Waals surface area (Å²) in [4.78, 5) is 0. The van der Waals surface area contributed by atoms with Crippen LogP contribution in [0.25, 0.3) is 0 Å². The Bertz CT molecular complexity index is 275. The lowest BCUT2D eigenvalue weighted by Crippen LogP contribution is -2.35. The van der Waals surface area contributed by atoms with Gasteiger partial charge in [-0.05, 0) is 64.2 Å². The van der Waals surface area contributed by atoms with E-state index in [-0.39, 0.29) is 12.4 Å².